The largest absolute Gasteiger partial charge is 0.450 e. The van der Waals surface area contributed by atoms with Crippen molar-refractivity contribution in [2.24, 2.45) is 0 Å². The van der Waals surface area contributed by atoms with Crippen LogP contribution in [-0.4, -0.2) is 18.7 Å². The van der Waals surface area contributed by atoms with E-state index < -0.39 is 6.09 Å². The number of carbonyl (C=O) groups excluding carboxylic acids is 2. The molecule has 0 aliphatic rings. The molecule has 2 aromatic rings. The van der Waals surface area contributed by atoms with Gasteiger partial charge in [0.15, 0.2) is 0 Å². The van der Waals surface area contributed by atoms with Crippen LogP contribution in [0, 0.1) is 6.92 Å². The second-order valence-electron chi connectivity index (χ2n) is 5.94. The van der Waals surface area contributed by atoms with Crippen molar-refractivity contribution in [2.45, 2.75) is 33.2 Å². The number of benzene rings is 2. The third-order valence-electron chi connectivity index (χ3n) is 4.06. The molecule has 0 fully saturated rings. The smallest absolute Gasteiger partial charge is 0.411 e. The van der Waals surface area contributed by atoms with Gasteiger partial charge in [-0.05, 0) is 55.7 Å². The molecule has 1 unspecified atom stereocenters. The Morgan fingerprint density at radius 2 is 1.74 bits per heavy atom. The van der Waals surface area contributed by atoms with Crippen LogP contribution in [0.15, 0.2) is 42.5 Å². The van der Waals surface area contributed by atoms with E-state index in [1.807, 2.05) is 32.0 Å². The molecule has 0 saturated carbocycles. The van der Waals surface area contributed by atoms with Gasteiger partial charge in [0.05, 0.1) is 12.6 Å². The van der Waals surface area contributed by atoms with Gasteiger partial charge in [0.2, 0.25) is 0 Å². The minimum atomic E-state index is -0.533. The maximum Gasteiger partial charge on any atom is 0.411 e. The second-order valence-corrected chi connectivity index (χ2v) is 6.37. The molecule has 2 rings (SSSR count). The molecule has 0 aliphatic carbocycles. The molecule has 0 spiro atoms. The lowest BCUT2D eigenvalue weighted by molar-refractivity contribution is 0.168. The summed E-state index contributed by atoms with van der Waals surface area (Å²) in [6.45, 7) is 5.82. The predicted molar refractivity (Wildman–Crippen MR) is 108 cm³/mol. The summed E-state index contributed by atoms with van der Waals surface area (Å²) in [5.74, 6) is 0. The molecule has 0 aliphatic heterocycles. The summed E-state index contributed by atoms with van der Waals surface area (Å²) in [6.07, 6.45) is 0.186. The molecule has 7 heteroatoms. The summed E-state index contributed by atoms with van der Waals surface area (Å²) < 4.78 is 4.89. The Balaban J connectivity index is 2.07. The molecular weight excluding hydrogens is 366 g/mol. The third kappa shape index (κ3) is 5.89. The lowest BCUT2D eigenvalue weighted by Crippen LogP contribution is -2.32. The number of amides is 3. The number of halogens is 1. The van der Waals surface area contributed by atoms with Crippen LogP contribution in [0.4, 0.5) is 21.0 Å². The van der Waals surface area contributed by atoms with E-state index in [0.29, 0.717) is 16.4 Å². The SMILES string of the molecule is CCOC(=O)Nc1cccc(NC(=O)NC(CC)c2cccc(Cl)c2)c1C. The maximum absolute atomic E-state index is 12.5. The zero-order chi connectivity index (χ0) is 19.8. The topological polar surface area (TPSA) is 79.5 Å². The Labute approximate surface area is 164 Å². The summed E-state index contributed by atoms with van der Waals surface area (Å²) in [7, 11) is 0. The van der Waals surface area contributed by atoms with E-state index >= 15 is 0 Å². The van der Waals surface area contributed by atoms with Crippen molar-refractivity contribution < 1.29 is 14.3 Å². The van der Waals surface area contributed by atoms with Crippen LogP contribution in [-0.2, 0) is 4.74 Å². The molecule has 3 N–H and O–H groups in total. The average molecular weight is 390 g/mol. The van der Waals surface area contributed by atoms with Gasteiger partial charge in [-0.3, -0.25) is 5.32 Å². The van der Waals surface area contributed by atoms with Crippen LogP contribution in [0.5, 0.6) is 0 Å². The number of hydrogen-bond acceptors (Lipinski definition) is 3. The Bertz CT molecular complexity index is 811. The number of carbonyl (C=O) groups is 2. The van der Waals surface area contributed by atoms with Crippen molar-refractivity contribution in [2.75, 3.05) is 17.2 Å². The van der Waals surface area contributed by atoms with Gasteiger partial charge >= 0.3 is 12.1 Å². The molecule has 0 radical (unpaired) electrons. The first-order valence-electron chi connectivity index (χ1n) is 8.81. The van der Waals surface area contributed by atoms with Crippen molar-refractivity contribution in [3.05, 3.63) is 58.6 Å². The van der Waals surface area contributed by atoms with Gasteiger partial charge in [-0.2, -0.15) is 0 Å². The third-order valence-corrected chi connectivity index (χ3v) is 4.29. The Kier molecular flexibility index (Phi) is 7.49. The van der Waals surface area contributed by atoms with Crippen LogP contribution in [0.25, 0.3) is 0 Å². The summed E-state index contributed by atoms with van der Waals surface area (Å²) >= 11 is 6.04. The first kappa shape index (κ1) is 20.6. The fourth-order valence-electron chi connectivity index (χ4n) is 2.64. The Hall–Kier alpha value is -2.73. The fraction of sp³-hybridized carbons (Fsp3) is 0.300. The number of hydrogen-bond donors (Lipinski definition) is 3. The number of nitrogens with one attached hydrogen (secondary N) is 3. The average Bonchev–Trinajstić information content (AvgIpc) is 2.63. The summed E-state index contributed by atoms with van der Waals surface area (Å²) in [5.41, 5.74) is 2.85. The zero-order valence-electron chi connectivity index (χ0n) is 15.6. The molecular formula is C20H24ClN3O3. The van der Waals surface area contributed by atoms with Crippen molar-refractivity contribution in [3.63, 3.8) is 0 Å². The second kappa shape index (κ2) is 9.83. The van der Waals surface area contributed by atoms with Gasteiger partial charge in [-0.15, -0.1) is 0 Å². The zero-order valence-corrected chi connectivity index (χ0v) is 16.4. The first-order valence-corrected chi connectivity index (χ1v) is 9.18. The van der Waals surface area contributed by atoms with E-state index in [-0.39, 0.29) is 18.7 Å². The molecule has 0 saturated heterocycles. The lowest BCUT2D eigenvalue weighted by atomic mass is 10.1. The van der Waals surface area contributed by atoms with E-state index in [4.69, 9.17) is 16.3 Å². The Morgan fingerprint density at radius 1 is 1.07 bits per heavy atom. The van der Waals surface area contributed by atoms with Crippen LogP contribution in [0.2, 0.25) is 5.02 Å². The van der Waals surface area contributed by atoms with E-state index in [0.717, 1.165) is 17.5 Å². The first-order chi connectivity index (χ1) is 12.9. The quantitative estimate of drug-likeness (QED) is 0.611. The van der Waals surface area contributed by atoms with Crippen LogP contribution < -0.4 is 16.0 Å². The summed E-state index contributed by atoms with van der Waals surface area (Å²) in [5, 5.41) is 9.06. The highest BCUT2D eigenvalue weighted by molar-refractivity contribution is 6.30. The minimum absolute atomic E-state index is 0.162. The highest BCUT2D eigenvalue weighted by Gasteiger charge is 2.15. The highest BCUT2D eigenvalue weighted by Crippen LogP contribution is 2.24. The molecule has 27 heavy (non-hydrogen) atoms. The van der Waals surface area contributed by atoms with Crippen LogP contribution in [0.1, 0.15) is 37.4 Å². The lowest BCUT2D eigenvalue weighted by Gasteiger charge is -2.19. The van der Waals surface area contributed by atoms with Gasteiger partial charge in [-0.1, -0.05) is 36.7 Å². The highest BCUT2D eigenvalue weighted by atomic mass is 35.5. The number of rotatable bonds is 6. The van der Waals surface area contributed by atoms with Crippen molar-refractivity contribution in [1.29, 1.82) is 0 Å². The van der Waals surface area contributed by atoms with Gasteiger partial charge in [0.1, 0.15) is 0 Å². The predicted octanol–water partition coefficient (Wildman–Crippen LogP) is 5.49. The van der Waals surface area contributed by atoms with E-state index in [9.17, 15) is 9.59 Å². The fourth-order valence-corrected chi connectivity index (χ4v) is 2.84. The van der Waals surface area contributed by atoms with Crippen molar-refractivity contribution in [1.82, 2.24) is 5.32 Å². The van der Waals surface area contributed by atoms with Crippen molar-refractivity contribution in [3.8, 4) is 0 Å². The van der Waals surface area contributed by atoms with Gasteiger partial charge in [0, 0.05) is 16.4 Å². The molecule has 0 heterocycles. The molecule has 3 amide bonds. The maximum atomic E-state index is 12.5. The van der Waals surface area contributed by atoms with E-state index in [1.165, 1.54) is 0 Å². The molecule has 6 nitrogen and oxygen atoms in total. The number of urea groups is 1. The molecule has 1 atom stereocenters. The van der Waals surface area contributed by atoms with Gasteiger partial charge in [-0.25, -0.2) is 9.59 Å². The van der Waals surface area contributed by atoms with Gasteiger partial charge in [0.25, 0.3) is 0 Å². The standard InChI is InChI=1S/C20H24ClN3O3/c1-4-16(14-8-6-9-15(21)12-14)22-19(25)23-17-10-7-11-18(13(17)3)24-20(26)27-5-2/h6-12,16H,4-5H2,1-3H3,(H,24,26)(H2,22,23,25). The van der Waals surface area contributed by atoms with Crippen molar-refractivity contribution >= 4 is 35.1 Å². The number of anilines is 2. The van der Waals surface area contributed by atoms with Crippen LogP contribution >= 0.6 is 11.6 Å². The molecule has 0 aromatic heterocycles. The Morgan fingerprint density at radius 3 is 2.37 bits per heavy atom. The van der Waals surface area contributed by atoms with Gasteiger partial charge < -0.3 is 15.4 Å². The molecule has 144 valence electrons. The van der Waals surface area contributed by atoms with E-state index in [1.54, 1.807) is 31.2 Å². The molecule has 2 aromatic carbocycles. The van der Waals surface area contributed by atoms with Crippen LogP contribution in [0.3, 0.4) is 0 Å². The molecule has 0 bridgehead atoms. The number of ether oxygens (including phenoxy) is 1. The normalized spacial score (nSPS) is 11.4. The monoisotopic (exact) mass is 389 g/mol. The van der Waals surface area contributed by atoms with E-state index in [2.05, 4.69) is 16.0 Å². The summed E-state index contributed by atoms with van der Waals surface area (Å²) in [6, 6.07) is 12.2. The summed E-state index contributed by atoms with van der Waals surface area (Å²) in [4.78, 5) is 24.1. The minimum Gasteiger partial charge on any atom is -0.450 e.